The van der Waals surface area contributed by atoms with Crippen LogP contribution in [0, 0.1) is 5.82 Å². The molecule has 1 saturated heterocycles. The summed E-state index contributed by atoms with van der Waals surface area (Å²) >= 11 is 0. The molecule has 2 fully saturated rings. The highest BCUT2D eigenvalue weighted by Crippen LogP contribution is 2.54. The molecule has 3 aromatic rings. The lowest BCUT2D eigenvalue weighted by atomic mass is 9.91. The molecule has 7 heteroatoms. The van der Waals surface area contributed by atoms with Crippen LogP contribution in [0.5, 0.6) is 0 Å². The molecule has 2 aromatic carbocycles. The first kappa shape index (κ1) is 18.8. The summed E-state index contributed by atoms with van der Waals surface area (Å²) in [4.78, 5) is 6.36. The molecule has 5 rings (SSSR count). The number of nitrogens with zero attached hydrogens (tertiary/aromatic N) is 3. The first-order valence-electron chi connectivity index (χ1n) is 10.2. The lowest BCUT2D eigenvalue weighted by molar-refractivity contribution is 0.0675. The third-order valence-electron chi connectivity index (χ3n) is 5.89. The van der Waals surface area contributed by atoms with Gasteiger partial charge in [-0.1, -0.05) is 47.6 Å². The number of aliphatic imine (C=N–C) groups is 1. The zero-order valence-corrected chi connectivity index (χ0v) is 16.6. The van der Waals surface area contributed by atoms with Crippen molar-refractivity contribution in [3.05, 3.63) is 71.7 Å². The zero-order chi connectivity index (χ0) is 20.6. The van der Waals surface area contributed by atoms with Crippen molar-refractivity contribution in [3.8, 4) is 11.1 Å². The Morgan fingerprint density at radius 3 is 2.53 bits per heavy atom. The van der Waals surface area contributed by atoms with E-state index in [1.54, 1.807) is 6.07 Å². The molecule has 0 radical (unpaired) electrons. The molecule has 0 amide bonds. The molecule has 154 valence electrons. The Balaban J connectivity index is 1.39. The Labute approximate surface area is 174 Å². The van der Waals surface area contributed by atoms with Gasteiger partial charge in [0.1, 0.15) is 11.6 Å². The van der Waals surface area contributed by atoms with E-state index in [2.05, 4.69) is 10.1 Å². The minimum absolute atomic E-state index is 0.237. The molecule has 1 aliphatic carbocycles. The molecule has 2 aliphatic rings. The van der Waals surface area contributed by atoms with Crippen molar-refractivity contribution in [2.75, 3.05) is 26.3 Å². The van der Waals surface area contributed by atoms with Crippen molar-refractivity contribution in [2.45, 2.75) is 18.3 Å². The molecule has 0 spiro atoms. The third-order valence-corrected chi connectivity index (χ3v) is 5.89. The van der Waals surface area contributed by atoms with Crippen LogP contribution in [0.1, 0.15) is 24.2 Å². The average Bonchev–Trinajstić information content (AvgIpc) is 3.47. The van der Waals surface area contributed by atoms with Crippen LogP contribution in [0.4, 0.5) is 10.2 Å². The molecule has 30 heavy (non-hydrogen) atoms. The Bertz CT molecular complexity index is 1070. The molecule has 1 aliphatic heterocycles. The molecule has 0 unspecified atom stereocenters. The van der Waals surface area contributed by atoms with E-state index in [0.29, 0.717) is 49.4 Å². The number of aromatic nitrogens is 1. The molecule has 2 N–H and O–H groups in total. The van der Waals surface area contributed by atoms with Gasteiger partial charge < -0.3 is 19.9 Å². The first-order valence-corrected chi connectivity index (χ1v) is 10.2. The smallest absolute Gasteiger partial charge is 0.198 e. The quantitative estimate of drug-likeness (QED) is 0.526. The number of morpholine rings is 1. The summed E-state index contributed by atoms with van der Waals surface area (Å²) in [5.74, 6) is 1.30. The minimum atomic E-state index is -0.343. The van der Waals surface area contributed by atoms with Crippen LogP contribution in [0.25, 0.3) is 11.1 Å². The van der Waals surface area contributed by atoms with Crippen molar-refractivity contribution < 1.29 is 13.7 Å². The van der Waals surface area contributed by atoms with E-state index in [1.165, 1.54) is 0 Å². The molecule has 2 heterocycles. The van der Waals surface area contributed by atoms with Gasteiger partial charge in [0.05, 0.1) is 18.6 Å². The van der Waals surface area contributed by atoms with E-state index in [1.807, 2.05) is 53.4 Å². The van der Waals surface area contributed by atoms with Crippen LogP contribution in [0.15, 0.2) is 64.1 Å². The summed E-state index contributed by atoms with van der Waals surface area (Å²) in [5.41, 5.74) is 8.12. The second-order valence-corrected chi connectivity index (χ2v) is 7.76. The van der Waals surface area contributed by atoms with Crippen LogP contribution >= 0.6 is 0 Å². The number of halogens is 1. The fourth-order valence-corrected chi connectivity index (χ4v) is 3.99. The van der Waals surface area contributed by atoms with Gasteiger partial charge in [0.2, 0.25) is 0 Å². The predicted molar refractivity (Wildman–Crippen MR) is 112 cm³/mol. The van der Waals surface area contributed by atoms with E-state index in [4.69, 9.17) is 15.0 Å². The van der Waals surface area contributed by atoms with E-state index in [0.717, 1.165) is 24.0 Å². The summed E-state index contributed by atoms with van der Waals surface area (Å²) in [7, 11) is 0. The fourth-order valence-electron chi connectivity index (χ4n) is 3.99. The van der Waals surface area contributed by atoms with Gasteiger partial charge >= 0.3 is 0 Å². The Morgan fingerprint density at radius 2 is 1.83 bits per heavy atom. The topological polar surface area (TPSA) is 76.9 Å². The standard InChI is InChI=1S/C23H23FN4O2/c24-19-14-17(6-7-18(19)16-4-2-1-3-5-16)23(8-9-23)20-15-21(27-30-20)26-22(25)28-10-12-29-13-11-28/h1-7,14-15H,8-13H2,(H2,25,26,27). The van der Waals surface area contributed by atoms with Gasteiger partial charge in [-0.2, -0.15) is 4.99 Å². The Kier molecular flexibility index (Phi) is 4.75. The van der Waals surface area contributed by atoms with Crippen molar-refractivity contribution in [1.82, 2.24) is 10.1 Å². The van der Waals surface area contributed by atoms with Crippen LogP contribution in [-0.2, 0) is 10.2 Å². The summed E-state index contributed by atoms with van der Waals surface area (Å²) in [6.45, 7) is 2.68. The molecule has 0 atom stereocenters. The Morgan fingerprint density at radius 1 is 1.07 bits per heavy atom. The van der Waals surface area contributed by atoms with Crippen LogP contribution < -0.4 is 5.73 Å². The van der Waals surface area contributed by atoms with Gasteiger partial charge in [-0.3, -0.25) is 0 Å². The number of hydrogen-bond donors (Lipinski definition) is 1. The van der Waals surface area contributed by atoms with E-state index >= 15 is 0 Å². The number of benzene rings is 2. The maximum Gasteiger partial charge on any atom is 0.198 e. The largest absolute Gasteiger partial charge is 0.378 e. The fraction of sp³-hybridized carbons (Fsp3) is 0.304. The molecular weight excluding hydrogens is 383 g/mol. The van der Waals surface area contributed by atoms with Crippen LogP contribution in [0.2, 0.25) is 0 Å². The monoisotopic (exact) mass is 406 g/mol. The van der Waals surface area contributed by atoms with Gasteiger partial charge in [0.15, 0.2) is 11.8 Å². The SMILES string of the molecule is NC(=Nc1cc(C2(c3ccc(-c4ccccc4)c(F)c3)CC2)on1)N1CCOCC1. The van der Waals surface area contributed by atoms with Crippen molar-refractivity contribution in [2.24, 2.45) is 10.7 Å². The van der Waals surface area contributed by atoms with E-state index in [9.17, 15) is 4.39 Å². The Hall–Kier alpha value is -3.19. The predicted octanol–water partition coefficient (Wildman–Crippen LogP) is 3.84. The summed E-state index contributed by atoms with van der Waals surface area (Å²) in [5, 5.41) is 4.08. The van der Waals surface area contributed by atoms with Crippen LogP contribution in [0.3, 0.4) is 0 Å². The molecule has 0 bridgehead atoms. The number of rotatable bonds is 4. The van der Waals surface area contributed by atoms with Gasteiger partial charge in [-0.15, -0.1) is 0 Å². The number of nitrogens with two attached hydrogens (primary N) is 1. The third kappa shape index (κ3) is 3.45. The lowest BCUT2D eigenvalue weighted by Gasteiger charge is -2.27. The number of guanidine groups is 1. The molecule has 1 saturated carbocycles. The maximum atomic E-state index is 14.9. The summed E-state index contributed by atoms with van der Waals surface area (Å²) in [6, 6.07) is 16.8. The highest BCUT2D eigenvalue weighted by atomic mass is 19.1. The highest BCUT2D eigenvalue weighted by molar-refractivity contribution is 5.80. The normalized spacial score (nSPS) is 18.4. The lowest BCUT2D eigenvalue weighted by Crippen LogP contribution is -2.44. The van der Waals surface area contributed by atoms with E-state index < -0.39 is 0 Å². The molecular formula is C23H23FN4O2. The van der Waals surface area contributed by atoms with Gasteiger partial charge in [0, 0.05) is 24.7 Å². The summed E-state index contributed by atoms with van der Waals surface area (Å²) < 4.78 is 25.8. The van der Waals surface area contributed by atoms with E-state index in [-0.39, 0.29) is 11.2 Å². The molecule has 1 aromatic heterocycles. The van der Waals surface area contributed by atoms with Crippen molar-refractivity contribution in [3.63, 3.8) is 0 Å². The van der Waals surface area contributed by atoms with Gasteiger partial charge in [-0.05, 0) is 30.0 Å². The second-order valence-electron chi connectivity index (χ2n) is 7.76. The molecule has 6 nitrogen and oxygen atoms in total. The average molecular weight is 406 g/mol. The summed E-state index contributed by atoms with van der Waals surface area (Å²) in [6.07, 6.45) is 1.77. The van der Waals surface area contributed by atoms with Crippen molar-refractivity contribution in [1.29, 1.82) is 0 Å². The second kappa shape index (κ2) is 7.57. The number of hydrogen-bond acceptors (Lipinski definition) is 4. The zero-order valence-electron chi connectivity index (χ0n) is 16.6. The maximum absolute atomic E-state index is 14.9. The van der Waals surface area contributed by atoms with Crippen molar-refractivity contribution >= 4 is 11.8 Å². The van der Waals surface area contributed by atoms with Gasteiger partial charge in [0.25, 0.3) is 0 Å². The first-order chi connectivity index (χ1) is 14.7. The van der Waals surface area contributed by atoms with Gasteiger partial charge in [-0.25, -0.2) is 4.39 Å². The van der Waals surface area contributed by atoms with Crippen LogP contribution in [-0.4, -0.2) is 42.3 Å². The number of ether oxygens (including phenoxy) is 1. The minimum Gasteiger partial charge on any atom is -0.378 e. The highest BCUT2D eigenvalue weighted by Gasteiger charge is 2.49.